The van der Waals surface area contributed by atoms with Gasteiger partial charge >= 0.3 is 6.03 Å². The molecule has 0 radical (unpaired) electrons. The van der Waals surface area contributed by atoms with Crippen LogP contribution in [0, 0.1) is 5.92 Å². The molecule has 1 saturated carbocycles. The molecule has 1 aromatic carbocycles. The summed E-state index contributed by atoms with van der Waals surface area (Å²) in [7, 11) is 0. The normalized spacial score (nSPS) is 15.8. The second-order valence-electron chi connectivity index (χ2n) is 4.53. The molecule has 2 amide bonds. The smallest absolute Gasteiger partial charge is 0.319 e. The van der Waals surface area contributed by atoms with Gasteiger partial charge in [-0.1, -0.05) is 12.8 Å². The first-order valence-electron chi connectivity index (χ1n) is 6.08. The highest BCUT2D eigenvalue weighted by Crippen LogP contribution is 2.23. The number of amides is 2. The summed E-state index contributed by atoms with van der Waals surface area (Å²) in [5.41, 5.74) is 0.687. The molecule has 3 N–H and O–H groups in total. The number of nitrogens with one attached hydrogen (secondary N) is 2. The third kappa shape index (κ3) is 3.66. The highest BCUT2D eigenvalue weighted by Gasteiger charge is 2.15. The molecule has 0 spiro atoms. The number of benzene rings is 1. The molecule has 92 valence electrons. The Morgan fingerprint density at radius 3 is 2.53 bits per heavy atom. The number of rotatable bonds is 3. The Balaban J connectivity index is 1.74. The lowest BCUT2D eigenvalue weighted by atomic mass is 10.1. The van der Waals surface area contributed by atoms with Gasteiger partial charge in [-0.2, -0.15) is 0 Å². The first kappa shape index (κ1) is 11.8. The second kappa shape index (κ2) is 5.57. The van der Waals surface area contributed by atoms with Crippen molar-refractivity contribution in [2.24, 2.45) is 5.92 Å². The Bertz CT molecular complexity index is 370. The van der Waals surface area contributed by atoms with Gasteiger partial charge in [-0.25, -0.2) is 4.79 Å². The predicted molar refractivity (Wildman–Crippen MR) is 67.1 cm³/mol. The fourth-order valence-corrected chi connectivity index (χ4v) is 2.17. The number of phenols is 1. The molecule has 1 aliphatic carbocycles. The van der Waals surface area contributed by atoms with E-state index in [4.69, 9.17) is 5.11 Å². The van der Waals surface area contributed by atoms with Gasteiger partial charge in [0.25, 0.3) is 0 Å². The zero-order valence-electron chi connectivity index (χ0n) is 9.78. The Morgan fingerprint density at radius 1 is 1.24 bits per heavy atom. The van der Waals surface area contributed by atoms with Gasteiger partial charge in [0.2, 0.25) is 0 Å². The van der Waals surface area contributed by atoms with Crippen molar-refractivity contribution in [2.75, 3.05) is 11.9 Å². The van der Waals surface area contributed by atoms with Gasteiger partial charge in [0.05, 0.1) is 0 Å². The molecule has 4 heteroatoms. The Hall–Kier alpha value is -1.71. The number of hydrogen-bond donors (Lipinski definition) is 3. The second-order valence-corrected chi connectivity index (χ2v) is 4.53. The standard InChI is InChI=1S/C13H18N2O2/c16-12-7-5-11(6-8-12)15-13(17)14-9-10-3-1-2-4-10/h5-8,10,16H,1-4,9H2,(H2,14,15,17). The van der Waals surface area contributed by atoms with Gasteiger partial charge < -0.3 is 15.7 Å². The molecule has 2 rings (SSSR count). The maximum absolute atomic E-state index is 11.6. The maximum atomic E-state index is 11.6. The summed E-state index contributed by atoms with van der Waals surface area (Å²) in [5, 5.41) is 14.7. The highest BCUT2D eigenvalue weighted by atomic mass is 16.3. The van der Waals surface area contributed by atoms with Gasteiger partial charge in [-0.05, 0) is 43.0 Å². The van der Waals surface area contributed by atoms with Crippen LogP contribution in [0.5, 0.6) is 5.75 Å². The number of carbonyl (C=O) groups excluding carboxylic acids is 1. The van der Waals surface area contributed by atoms with Crippen LogP contribution in [-0.2, 0) is 0 Å². The molecular formula is C13H18N2O2. The fraction of sp³-hybridized carbons (Fsp3) is 0.462. The Morgan fingerprint density at radius 2 is 1.88 bits per heavy atom. The lowest BCUT2D eigenvalue weighted by Gasteiger charge is -2.11. The quantitative estimate of drug-likeness (QED) is 0.704. The molecular weight excluding hydrogens is 216 g/mol. The minimum Gasteiger partial charge on any atom is -0.508 e. The molecule has 1 fully saturated rings. The zero-order chi connectivity index (χ0) is 12.1. The van der Waals surface area contributed by atoms with Crippen molar-refractivity contribution in [3.63, 3.8) is 0 Å². The third-order valence-electron chi connectivity index (χ3n) is 3.15. The van der Waals surface area contributed by atoms with Crippen LogP contribution in [0.1, 0.15) is 25.7 Å². The van der Waals surface area contributed by atoms with Gasteiger partial charge in [-0.3, -0.25) is 0 Å². The van der Waals surface area contributed by atoms with E-state index in [9.17, 15) is 4.79 Å². The van der Waals surface area contributed by atoms with Gasteiger partial charge in [0.15, 0.2) is 0 Å². The molecule has 17 heavy (non-hydrogen) atoms. The minimum absolute atomic E-state index is 0.178. The molecule has 0 aliphatic heterocycles. The van der Waals surface area contributed by atoms with Crippen LogP contribution in [0.4, 0.5) is 10.5 Å². The summed E-state index contributed by atoms with van der Waals surface area (Å²) in [4.78, 5) is 11.6. The lowest BCUT2D eigenvalue weighted by Crippen LogP contribution is -2.32. The van der Waals surface area contributed by atoms with E-state index in [-0.39, 0.29) is 11.8 Å². The van der Waals surface area contributed by atoms with E-state index in [1.54, 1.807) is 24.3 Å². The third-order valence-corrected chi connectivity index (χ3v) is 3.15. The first-order chi connectivity index (χ1) is 8.24. The van der Waals surface area contributed by atoms with Crippen molar-refractivity contribution in [3.05, 3.63) is 24.3 Å². The van der Waals surface area contributed by atoms with Crippen molar-refractivity contribution in [1.82, 2.24) is 5.32 Å². The topological polar surface area (TPSA) is 61.4 Å². The largest absolute Gasteiger partial charge is 0.508 e. The zero-order valence-corrected chi connectivity index (χ0v) is 9.78. The van der Waals surface area contributed by atoms with Crippen molar-refractivity contribution >= 4 is 11.7 Å². The van der Waals surface area contributed by atoms with Crippen molar-refractivity contribution < 1.29 is 9.90 Å². The van der Waals surface area contributed by atoms with E-state index >= 15 is 0 Å². The number of anilines is 1. The molecule has 0 bridgehead atoms. The molecule has 0 heterocycles. The van der Waals surface area contributed by atoms with Crippen LogP contribution < -0.4 is 10.6 Å². The summed E-state index contributed by atoms with van der Waals surface area (Å²) >= 11 is 0. The maximum Gasteiger partial charge on any atom is 0.319 e. The summed E-state index contributed by atoms with van der Waals surface area (Å²) in [6.07, 6.45) is 5.01. The van der Waals surface area contributed by atoms with Crippen LogP contribution in [0.15, 0.2) is 24.3 Å². The van der Waals surface area contributed by atoms with Crippen LogP contribution in [-0.4, -0.2) is 17.7 Å². The van der Waals surface area contributed by atoms with E-state index < -0.39 is 0 Å². The van der Waals surface area contributed by atoms with Crippen molar-refractivity contribution in [1.29, 1.82) is 0 Å². The van der Waals surface area contributed by atoms with Crippen molar-refractivity contribution in [3.8, 4) is 5.75 Å². The summed E-state index contributed by atoms with van der Waals surface area (Å²) in [6.45, 7) is 0.754. The van der Waals surface area contributed by atoms with Crippen LogP contribution in [0.2, 0.25) is 0 Å². The van der Waals surface area contributed by atoms with Crippen LogP contribution in [0.3, 0.4) is 0 Å². The number of hydrogen-bond acceptors (Lipinski definition) is 2. The number of carbonyl (C=O) groups is 1. The van der Waals surface area contributed by atoms with Crippen molar-refractivity contribution in [2.45, 2.75) is 25.7 Å². The molecule has 0 unspecified atom stereocenters. The molecule has 0 saturated heterocycles. The Kier molecular flexibility index (Phi) is 3.85. The van der Waals surface area contributed by atoms with E-state index in [0.717, 1.165) is 6.54 Å². The van der Waals surface area contributed by atoms with E-state index in [2.05, 4.69) is 10.6 Å². The summed E-state index contributed by atoms with van der Waals surface area (Å²) in [5.74, 6) is 0.836. The monoisotopic (exact) mass is 234 g/mol. The molecule has 0 aromatic heterocycles. The first-order valence-corrected chi connectivity index (χ1v) is 6.08. The summed E-state index contributed by atoms with van der Waals surface area (Å²) < 4.78 is 0. The average Bonchev–Trinajstić information content (AvgIpc) is 2.83. The van der Waals surface area contributed by atoms with Gasteiger partial charge in [0, 0.05) is 12.2 Å². The molecule has 0 atom stereocenters. The van der Waals surface area contributed by atoms with Gasteiger partial charge in [0.1, 0.15) is 5.75 Å². The highest BCUT2D eigenvalue weighted by molar-refractivity contribution is 5.89. The molecule has 1 aromatic rings. The van der Waals surface area contributed by atoms with Gasteiger partial charge in [-0.15, -0.1) is 0 Å². The number of urea groups is 1. The summed E-state index contributed by atoms with van der Waals surface area (Å²) in [6, 6.07) is 6.26. The number of phenolic OH excluding ortho intramolecular Hbond substituents is 1. The number of aromatic hydroxyl groups is 1. The van der Waals surface area contributed by atoms with Crippen LogP contribution in [0.25, 0.3) is 0 Å². The predicted octanol–water partition coefficient (Wildman–Crippen LogP) is 2.70. The van der Waals surface area contributed by atoms with Crippen LogP contribution >= 0.6 is 0 Å². The average molecular weight is 234 g/mol. The Labute approximate surface area is 101 Å². The minimum atomic E-state index is -0.178. The van der Waals surface area contributed by atoms with E-state index in [1.165, 1.54) is 25.7 Å². The SMILES string of the molecule is O=C(NCC1CCCC1)Nc1ccc(O)cc1. The molecule has 1 aliphatic rings. The fourth-order valence-electron chi connectivity index (χ4n) is 2.17. The van der Waals surface area contributed by atoms with E-state index in [0.29, 0.717) is 11.6 Å². The lowest BCUT2D eigenvalue weighted by molar-refractivity contribution is 0.250. The van der Waals surface area contributed by atoms with E-state index in [1.807, 2.05) is 0 Å². The molecule has 4 nitrogen and oxygen atoms in total.